The van der Waals surface area contributed by atoms with Crippen molar-refractivity contribution in [3.8, 4) is 0 Å². The Morgan fingerprint density at radius 2 is 2.42 bits per heavy atom. The van der Waals surface area contributed by atoms with E-state index >= 15 is 0 Å². The van der Waals surface area contributed by atoms with Crippen LogP contribution >= 0.6 is 0 Å². The second-order valence-corrected chi connectivity index (χ2v) is 4.70. The Labute approximate surface area is 112 Å². The van der Waals surface area contributed by atoms with Crippen LogP contribution in [0.25, 0.3) is 0 Å². The van der Waals surface area contributed by atoms with Gasteiger partial charge < -0.3 is 10.2 Å². The van der Waals surface area contributed by atoms with E-state index in [-0.39, 0.29) is 11.9 Å². The van der Waals surface area contributed by atoms with Gasteiger partial charge in [0.05, 0.1) is 19.6 Å². The molecular weight excluding hydrogens is 246 g/mol. The highest BCUT2D eigenvalue weighted by molar-refractivity contribution is 5.72. The van der Waals surface area contributed by atoms with Gasteiger partial charge in [0.15, 0.2) is 0 Å². The number of hydrogen-bond acceptors (Lipinski definition) is 7. The first-order valence-electron chi connectivity index (χ1n) is 6.23. The molecule has 0 radical (unpaired) electrons. The number of nitrogens with one attached hydrogen (secondary N) is 1. The number of nitrogens with two attached hydrogens (primary N) is 1. The van der Waals surface area contributed by atoms with E-state index in [2.05, 4.69) is 20.3 Å². The van der Waals surface area contributed by atoms with E-state index in [0.717, 1.165) is 18.7 Å². The summed E-state index contributed by atoms with van der Waals surface area (Å²) in [5, 5.41) is 0. The molecule has 104 valence electrons. The number of carbonyl (C=O) groups is 1. The summed E-state index contributed by atoms with van der Waals surface area (Å²) in [5.41, 5.74) is 3.39. The molecule has 0 amide bonds. The molecule has 1 aliphatic rings. The van der Waals surface area contributed by atoms with Crippen molar-refractivity contribution in [1.82, 2.24) is 14.9 Å². The highest BCUT2D eigenvalue weighted by atomic mass is 16.5. The fraction of sp³-hybridized carbons (Fsp3) is 0.583. The largest absolute Gasteiger partial charge is 0.469 e. The molecule has 19 heavy (non-hydrogen) atoms. The van der Waals surface area contributed by atoms with Gasteiger partial charge in [-0.1, -0.05) is 0 Å². The second-order valence-electron chi connectivity index (χ2n) is 4.70. The molecule has 0 aromatic carbocycles. The maximum atomic E-state index is 11.5. The number of rotatable bonds is 4. The number of nitrogens with zero attached hydrogens (tertiary/aromatic N) is 3. The molecular formula is C12H19N5O2. The molecule has 3 N–H and O–H groups in total. The summed E-state index contributed by atoms with van der Waals surface area (Å²) < 4.78 is 4.76. The van der Waals surface area contributed by atoms with Gasteiger partial charge in [0.2, 0.25) is 0 Å². The van der Waals surface area contributed by atoms with Crippen molar-refractivity contribution in [2.45, 2.75) is 19.9 Å². The average Bonchev–Trinajstić information content (AvgIpc) is 2.85. The number of anilines is 1. The number of aryl methyl sites for hydroxylation is 1. The molecule has 1 aromatic heterocycles. The van der Waals surface area contributed by atoms with E-state index in [4.69, 9.17) is 10.6 Å². The number of methoxy groups -OCH3 is 1. The van der Waals surface area contributed by atoms with Crippen LogP contribution in [0.3, 0.4) is 0 Å². The van der Waals surface area contributed by atoms with E-state index in [1.807, 2.05) is 6.92 Å². The Balaban J connectivity index is 1.99. The molecule has 1 unspecified atom stereocenters. The summed E-state index contributed by atoms with van der Waals surface area (Å²) in [4.78, 5) is 22.3. The standard InChI is InChI=1S/C12H19N5O2/c1-8-5-10(16-13)15-11(14-8)7-17-4-3-9(6-17)12(18)19-2/h5,9H,3-4,6-7,13H2,1-2H3,(H,14,15,16). The molecule has 0 bridgehead atoms. The molecule has 1 aromatic rings. The average molecular weight is 265 g/mol. The number of nitrogen functional groups attached to an aromatic ring is 1. The van der Waals surface area contributed by atoms with Crippen molar-refractivity contribution in [2.24, 2.45) is 11.8 Å². The van der Waals surface area contributed by atoms with E-state index < -0.39 is 0 Å². The van der Waals surface area contributed by atoms with Gasteiger partial charge in [0, 0.05) is 18.3 Å². The van der Waals surface area contributed by atoms with Crippen LogP contribution in [-0.4, -0.2) is 41.0 Å². The fourth-order valence-electron chi connectivity index (χ4n) is 2.31. The molecule has 7 heteroatoms. The van der Waals surface area contributed by atoms with Crippen LogP contribution in [0.1, 0.15) is 17.9 Å². The lowest BCUT2D eigenvalue weighted by Crippen LogP contribution is -2.25. The summed E-state index contributed by atoms with van der Waals surface area (Å²) in [7, 11) is 1.42. The monoisotopic (exact) mass is 265 g/mol. The summed E-state index contributed by atoms with van der Waals surface area (Å²) in [6.45, 7) is 4.05. The molecule has 2 heterocycles. The predicted molar refractivity (Wildman–Crippen MR) is 70.0 cm³/mol. The maximum Gasteiger partial charge on any atom is 0.310 e. The minimum absolute atomic E-state index is 0.0399. The fourth-order valence-corrected chi connectivity index (χ4v) is 2.31. The molecule has 1 aliphatic heterocycles. The topological polar surface area (TPSA) is 93.4 Å². The summed E-state index contributed by atoms with van der Waals surface area (Å²) in [6, 6.07) is 1.78. The van der Waals surface area contributed by atoms with Crippen LogP contribution in [0.5, 0.6) is 0 Å². The third-order valence-electron chi connectivity index (χ3n) is 3.22. The molecule has 7 nitrogen and oxygen atoms in total. The van der Waals surface area contributed by atoms with Crippen molar-refractivity contribution in [3.05, 3.63) is 17.6 Å². The summed E-state index contributed by atoms with van der Waals surface area (Å²) in [6.07, 6.45) is 0.820. The van der Waals surface area contributed by atoms with Crippen LogP contribution < -0.4 is 11.3 Å². The van der Waals surface area contributed by atoms with E-state index in [0.29, 0.717) is 24.7 Å². The molecule has 1 fully saturated rings. The molecule has 1 atom stereocenters. The first-order chi connectivity index (χ1) is 9.12. The number of likely N-dealkylation sites (tertiary alicyclic amines) is 1. The van der Waals surface area contributed by atoms with Crippen LogP contribution in [0.2, 0.25) is 0 Å². The smallest absolute Gasteiger partial charge is 0.310 e. The van der Waals surface area contributed by atoms with E-state index in [9.17, 15) is 4.79 Å². The molecule has 2 rings (SSSR count). The van der Waals surface area contributed by atoms with Gasteiger partial charge in [-0.25, -0.2) is 15.8 Å². The number of esters is 1. The SMILES string of the molecule is COC(=O)C1CCN(Cc2nc(C)cc(NN)n2)C1. The Kier molecular flexibility index (Phi) is 4.28. The first kappa shape index (κ1) is 13.7. The molecule has 0 spiro atoms. The van der Waals surface area contributed by atoms with Crippen molar-refractivity contribution in [1.29, 1.82) is 0 Å². The molecule has 0 aliphatic carbocycles. The Morgan fingerprint density at radius 1 is 1.63 bits per heavy atom. The number of aromatic nitrogens is 2. The lowest BCUT2D eigenvalue weighted by atomic mass is 10.1. The van der Waals surface area contributed by atoms with E-state index in [1.54, 1.807) is 6.07 Å². The van der Waals surface area contributed by atoms with Gasteiger partial charge in [-0.3, -0.25) is 9.69 Å². The third-order valence-corrected chi connectivity index (χ3v) is 3.22. The summed E-state index contributed by atoms with van der Waals surface area (Å²) >= 11 is 0. The quantitative estimate of drug-likeness (QED) is 0.452. The number of hydrogen-bond donors (Lipinski definition) is 2. The van der Waals surface area contributed by atoms with Gasteiger partial charge in [0.25, 0.3) is 0 Å². The Bertz CT molecular complexity index is 465. The zero-order valence-corrected chi connectivity index (χ0v) is 11.2. The van der Waals surface area contributed by atoms with Crippen LogP contribution in [0, 0.1) is 12.8 Å². The predicted octanol–water partition coefficient (Wildman–Crippen LogP) is 0.0655. The maximum absolute atomic E-state index is 11.5. The number of ether oxygens (including phenoxy) is 1. The molecule has 1 saturated heterocycles. The third kappa shape index (κ3) is 3.39. The number of hydrazine groups is 1. The number of carbonyl (C=O) groups excluding carboxylic acids is 1. The minimum atomic E-state index is -0.142. The lowest BCUT2D eigenvalue weighted by molar-refractivity contribution is -0.144. The van der Waals surface area contributed by atoms with E-state index in [1.165, 1.54) is 7.11 Å². The normalized spacial score (nSPS) is 19.4. The molecule has 0 saturated carbocycles. The van der Waals surface area contributed by atoms with Gasteiger partial charge in [-0.15, -0.1) is 0 Å². The van der Waals surface area contributed by atoms with Crippen molar-refractivity contribution >= 4 is 11.8 Å². The van der Waals surface area contributed by atoms with Crippen molar-refractivity contribution in [2.75, 3.05) is 25.6 Å². The zero-order chi connectivity index (χ0) is 13.8. The van der Waals surface area contributed by atoms with Gasteiger partial charge in [-0.2, -0.15) is 0 Å². The zero-order valence-electron chi connectivity index (χ0n) is 11.2. The Morgan fingerprint density at radius 3 is 3.11 bits per heavy atom. The Hall–Kier alpha value is -1.73. The lowest BCUT2D eigenvalue weighted by Gasteiger charge is -2.15. The van der Waals surface area contributed by atoms with Gasteiger partial charge in [0.1, 0.15) is 11.6 Å². The van der Waals surface area contributed by atoms with Crippen LogP contribution in [0.4, 0.5) is 5.82 Å². The van der Waals surface area contributed by atoms with Crippen LogP contribution in [-0.2, 0) is 16.1 Å². The minimum Gasteiger partial charge on any atom is -0.469 e. The first-order valence-corrected chi connectivity index (χ1v) is 6.23. The van der Waals surface area contributed by atoms with Crippen LogP contribution in [0.15, 0.2) is 6.07 Å². The van der Waals surface area contributed by atoms with Crippen molar-refractivity contribution < 1.29 is 9.53 Å². The highest BCUT2D eigenvalue weighted by Gasteiger charge is 2.29. The van der Waals surface area contributed by atoms with Gasteiger partial charge >= 0.3 is 5.97 Å². The summed E-state index contributed by atoms with van der Waals surface area (Å²) in [5.74, 6) is 6.49. The highest BCUT2D eigenvalue weighted by Crippen LogP contribution is 2.19. The second kappa shape index (κ2) is 5.94. The van der Waals surface area contributed by atoms with Crippen molar-refractivity contribution in [3.63, 3.8) is 0 Å². The van der Waals surface area contributed by atoms with Gasteiger partial charge in [-0.05, 0) is 19.9 Å².